The molecule has 0 unspecified atom stereocenters. The minimum Gasteiger partial charge on any atom is -0.484 e. The van der Waals surface area contributed by atoms with Crippen LogP contribution in [-0.4, -0.2) is 16.7 Å². The number of carboxylic acids is 1. The molecule has 0 heterocycles. The fraction of sp³-hybridized carbons (Fsp3) is 0.611. The normalized spacial score (nSPS) is 21.7. The van der Waals surface area contributed by atoms with Crippen molar-refractivity contribution < 1.29 is 19.0 Å². The summed E-state index contributed by atoms with van der Waals surface area (Å²) < 4.78 is 20.3. The number of hydrogen-bond donors (Lipinski definition) is 1. The minimum atomic E-state index is -1.05. The highest BCUT2D eigenvalue weighted by molar-refractivity contribution is 5.88. The van der Waals surface area contributed by atoms with Gasteiger partial charge < -0.3 is 9.84 Å². The van der Waals surface area contributed by atoms with Gasteiger partial charge in [-0.2, -0.15) is 0 Å². The maximum Gasteiger partial charge on any atom is 0.335 e. The van der Waals surface area contributed by atoms with Gasteiger partial charge in [0.1, 0.15) is 5.60 Å². The average molecular weight is 306 g/mol. The Morgan fingerprint density at radius 2 is 1.82 bits per heavy atom. The van der Waals surface area contributed by atoms with E-state index in [-0.39, 0.29) is 16.9 Å². The number of benzene rings is 1. The molecule has 1 N–H and O–H groups in total. The Morgan fingerprint density at radius 3 is 2.45 bits per heavy atom. The zero-order valence-electron chi connectivity index (χ0n) is 12.8. The van der Waals surface area contributed by atoms with E-state index >= 15 is 0 Å². The molecule has 0 amide bonds. The SMILES string of the molecule is O=C(O)c1ccc(F)c(OC2(C3CCCC3)CCCCC2)c1. The molecule has 0 spiro atoms. The number of rotatable bonds is 4. The van der Waals surface area contributed by atoms with Crippen LogP contribution in [0, 0.1) is 11.7 Å². The first kappa shape index (κ1) is 15.3. The Morgan fingerprint density at radius 1 is 1.14 bits per heavy atom. The first-order valence-corrected chi connectivity index (χ1v) is 8.33. The van der Waals surface area contributed by atoms with Gasteiger partial charge in [0.05, 0.1) is 5.56 Å². The second-order valence-electron chi connectivity index (χ2n) is 6.66. The number of carbonyl (C=O) groups is 1. The van der Waals surface area contributed by atoms with E-state index in [4.69, 9.17) is 9.84 Å². The molecule has 0 aromatic heterocycles. The van der Waals surface area contributed by atoms with Crippen molar-refractivity contribution in [3.63, 3.8) is 0 Å². The molecule has 0 atom stereocenters. The third-order valence-corrected chi connectivity index (χ3v) is 5.29. The second-order valence-corrected chi connectivity index (χ2v) is 6.66. The number of halogens is 1. The lowest BCUT2D eigenvalue weighted by molar-refractivity contribution is -0.0254. The highest BCUT2D eigenvalue weighted by atomic mass is 19.1. The predicted octanol–water partition coefficient (Wildman–Crippen LogP) is 4.80. The molecule has 2 aliphatic carbocycles. The van der Waals surface area contributed by atoms with Crippen LogP contribution in [0.3, 0.4) is 0 Å². The third-order valence-electron chi connectivity index (χ3n) is 5.29. The molecule has 0 aliphatic heterocycles. The van der Waals surface area contributed by atoms with Crippen LogP contribution in [0.25, 0.3) is 0 Å². The maximum atomic E-state index is 14.1. The lowest BCUT2D eigenvalue weighted by Crippen LogP contribution is -2.44. The van der Waals surface area contributed by atoms with Crippen LogP contribution in [0.15, 0.2) is 18.2 Å². The molecule has 1 aromatic carbocycles. The zero-order valence-corrected chi connectivity index (χ0v) is 12.8. The molecular weight excluding hydrogens is 283 g/mol. The van der Waals surface area contributed by atoms with Gasteiger partial charge in [0.25, 0.3) is 0 Å². The number of hydrogen-bond acceptors (Lipinski definition) is 2. The van der Waals surface area contributed by atoms with Crippen LogP contribution in [0.2, 0.25) is 0 Å². The van der Waals surface area contributed by atoms with Crippen LogP contribution in [0.4, 0.5) is 4.39 Å². The van der Waals surface area contributed by atoms with Gasteiger partial charge in [-0.15, -0.1) is 0 Å². The summed E-state index contributed by atoms with van der Waals surface area (Å²) >= 11 is 0. The Bertz CT molecular complexity index is 543. The van der Waals surface area contributed by atoms with Crippen molar-refractivity contribution in [1.29, 1.82) is 0 Å². The van der Waals surface area contributed by atoms with E-state index in [1.807, 2.05) is 0 Å². The van der Waals surface area contributed by atoms with E-state index in [1.165, 1.54) is 37.5 Å². The predicted molar refractivity (Wildman–Crippen MR) is 81.8 cm³/mol. The quantitative estimate of drug-likeness (QED) is 0.869. The smallest absolute Gasteiger partial charge is 0.335 e. The topological polar surface area (TPSA) is 46.5 Å². The molecule has 1 aromatic rings. The molecule has 3 rings (SSSR count). The molecule has 0 radical (unpaired) electrons. The number of ether oxygens (including phenoxy) is 1. The van der Waals surface area contributed by atoms with Crippen molar-refractivity contribution in [2.75, 3.05) is 0 Å². The summed E-state index contributed by atoms with van der Waals surface area (Å²) in [5.74, 6) is -0.939. The Balaban J connectivity index is 1.90. The Hall–Kier alpha value is -1.58. The summed E-state index contributed by atoms with van der Waals surface area (Å²) in [6, 6.07) is 3.82. The van der Waals surface area contributed by atoms with Crippen molar-refractivity contribution in [3.8, 4) is 5.75 Å². The molecule has 2 aliphatic rings. The fourth-order valence-corrected chi connectivity index (χ4v) is 4.13. The summed E-state index contributed by atoms with van der Waals surface area (Å²) in [5.41, 5.74) is -0.221. The van der Waals surface area contributed by atoms with E-state index in [2.05, 4.69) is 0 Å². The van der Waals surface area contributed by atoms with Gasteiger partial charge in [0, 0.05) is 0 Å². The van der Waals surface area contributed by atoms with E-state index in [0.717, 1.165) is 38.5 Å². The van der Waals surface area contributed by atoms with Gasteiger partial charge >= 0.3 is 5.97 Å². The summed E-state index contributed by atoms with van der Waals surface area (Å²) in [6.07, 6.45) is 10.0. The number of aromatic carboxylic acids is 1. The van der Waals surface area contributed by atoms with E-state index in [1.54, 1.807) is 0 Å². The standard InChI is InChI=1S/C18H23FO3/c19-15-9-8-13(17(20)21)12-16(15)22-18(10-4-1-5-11-18)14-6-2-3-7-14/h8-9,12,14H,1-7,10-11H2,(H,20,21). The summed E-state index contributed by atoms with van der Waals surface area (Å²) in [5, 5.41) is 9.10. The monoisotopic (exact) mass is 306 g/mol. The highest BCUT2D eigenvalue weighted by Gasteiger charge is 2.43. The summed E-state index contributed by atoms with van der Waals surface area (Å²) in [6.45, 7) is 0. The molecule has 120 valence electrons. The van der Waals surface area contributed by atoms with Gasteiger partial charge in [0.2, 0.25) is 0 Å². The molecule has 22 heavy (non-hydrogen) atoms. The molecule has 0 saturated heterocycles. The van der Waals surface area contributed by atoms with Crippen molar-refractivity contribution in [2.24, 2.45) is 5.92 Å². The van der Waals surface area contributed by atoms with Gasteiger partial charge in [-0.05, 0) is 62.6 Å². The second kappa shape index (κ2) is 6.27. The van der Waals surface area contributed by atoms with Crippen molar-refractivity contribution >= 4 is 5.97 Å². The Kier molecular flexibility index (Phi) is 4.37. The first-order valence-electron chi connectivity index (χ1n) is 8.33. The van der Waals surface area contributed by atoms with E-state index in [9.17, 15) is 9.18 Å². The lowest BCUT2D eigenvalue weighted by atomic mass is 9.74. The lowest BCUT2D eigenvalue weighted by Gasteiger charge is -2.42. The highest BCUT2D eigenvalue weighted by Crippen LogP contribution is 2.45. The molecule has 2 fully saturated rings. The third kappa shape index (κ3) is 2.96. The van der Waals surface area contributed by atoms with E-state index < -0.39 is 11.8 Å². The summed E-state index contributed by atoms with van der Waals surface area (Å²) in [4.78, 5) is 11.1. The first-order chi connectivity index (χ1) is 10.6. The molecule has 4 heteroatoms. The van der Waals surface area contributed by atoms with Gasteiger partial charge in [-0.1, -0.05) is 19.3 Å². The number of carboxylic acid groups (broad SMARTS) is 1. The zero-order chi connectivity index (χ0) is 15.6. The van der Waals surface area contributed by atoms with Crippen molar-refractivity contribution in [1.82, 2.24) is 0 Å². The van der Waals surface area contributed by atoms with Crippen LogP contribution < -0.4 is 4.74 Å². The fourth-order valence-electron chi connectivity index (χ4n) is 4.13. The van der Waals surface area contributed by atoms with Crippen molar-refractivity contribution in [3.05, 3.63) is 29.6 Å². The van der Waals surface area contributed by atoms with Gasteiger partial charge in [-0.3, -0.25) is 0 Å². The van der Waals surface area contributed by atoms with Crippen LogP contribution in [0.1, 0.15) is 68.1 Å². The van der Waals surface area contributed by atoms with E-state index in [0.29, 0.717) is 5.92 Å². The van der Waals surface area contributed by atoms with Gasteiger partial charge in [-0.25, -0.2) is 9.18 Å². The van der Waals surface area contributed by atoms with Crippen LogP contribution in [0.5, 0.6) is 5.75 Å². The molecule has 0 bridgehead atoms. The van der Waals surface area contributed by atoms with Crippen LogP contribution >= 0.6 is 0 Å². The largest absolute Gasteiger partial charge is 0.484 e. The van der Waals surface area contributed by atoms with Gasteiger partial charge in [0.15, 0.2) is 11.6 Å². The summed E-state index contributed by atoms with van der Waals surface area (Å²) in [7, 11) is 0. The van der Waals surface area contributed by atoms with Crippen molar-refractivity contribution in [2.45, 2.75) is 63.4 Å². The molecular formula is C18H23FO3. The molecule has 3 nitrogen and oxygen atoms in total. The average Bonchev–Trinajstić information content (AvgIpc) is 3.05. The van der Waals surface area contributed by atoms with Crippen LogP contribution in [-0.2, 0) is 0 Å². The maximum absolute atomic E-state index is 14.1. The molecule has 2 saturated carbocycles. The minimum absolute atomic E-state index is 0.0776. The Labute approximate surface area is 130 Å².